The van der Waals surface area contributed by atoms with E-state index in [-0.39, 0.29) is 17.6 Å². The van der Waals surface area contributed by atoms with Crippen molar-refractivity contribution in [2.75, 3.05) is 11.1 Å². The van der Waals surface area contributed by atoms with Gasteiger partial charge in [-0.15, -0.1) is 10.2 Å². The Morgan fingerprint density at radius 3 is 2.75 bits per heavy atom. The first-order chi connectivity index (χ1) is 11.5. The molecule has 3 rings (SSSR count). The molecular formula is C16H16N4O3S. The molecule has 124 valence electrons. The van der Waals surface area contributed by atoms with Gasteiger partial charge in [0.05, 0.1) is 5.75 Å². The van der Waals surface area contributed by atoms with Crippen LogP contribution in [0.2, 0.25) is 0 Å². The van der Waals surface area contributed by atoms with Crippen LogP contribution in [0.5, 0.6) is 0 Å². The molecule has 0 spiro atoms. The van der Waals surface area contributed by atoms with Crippen LogP contribution in [0.25, 0.3) is 11.6 Å². The molecule has 0 saturated carbocycles. The van der Waals surface area contributed by atoms with Crippen molar-refractivity contribution >= 4 is 23.4 Å². The Hall–Kier alpha value is -2.61. The first-order valence-corrected chi connectivity index (χ1v) is 8.27. The molecule has 0 aliphatic carbocycles. The third-order valence-corrected chi connectivity index (χ3v) is 4.05. The van der Waals surface area contributed by atoms with Crippen molar-refractivity contribution in [1.82, 2.24) is 15.4 Å². The van der Waals surface area contributed by atoms with Crippen LogP contribution in [0, 0.1) is 20.8 Å². The number of thioether (sulfide) groups is 1. The summed E-state index contributed by atoms with van der Waals surface area (Å²) in [4.78, 5) is 12.1. The van der Waals surface area contributed by atoms with Crippen molar-refractivity contribution in [2.24, 2.45) is 0 Å². The van der Waals surface area contributed by atoms with Gasteiger partial charge in [-0.1, -0.05) is 34.6 Å². The first kappa shape index (κ1) is 16.3. The van der Waals surface area contributed by atoms with E-state index < -0.39 is 0 Å². The number of aromatic nitrogens is 3. The van der Waals surface area contributed by atoms with Crippen LogP contribution in [0.1, 0.15) is 16.9 Å². The molecule has 1 amide bonds. The summed E-state index contributed by atoms with van der Waals surface area (Å²) in [6, 6.07) is 7.58. The minimum Gasteiger partial charge on any atom is -0.409 e. The van der Waals surface area contributed by atoms with Gasteiger partial charge in [0.1, 0.15) is 5.76 Å². The number of rotatable bonds is 5. The summed E-state index contributed by atoms with van der Waals surface area (Å²) in [5.74, 6) is 0.964. The number of hydrogen-bond donors (Lipinski definition) is 1. The molecule has 7 nitrogen and oxygen atoms in total. The summed E-state index contributed by atoms with van der Waals surface area (Å²) in [5, 5.41) is 14.8. The molecule has 0 aliphatic rings. The van der Waals surface area contributed by atoms with Gasteiger partial charge >= 0.3 is 0 Å². The number of nitrogens with one attached hydrogen (secondary N) is 1. The molecule has 24 heavy (non-hydrogen) atoms. The van der Waals surface area contributed by atoms with E-state index in [0.29, 0.717) is 16.7 Å². The average molecular weight is 344 g/mol. The van der Waals surface area contributed by atoms with Gasteiger partial charge in [-0.3, -0.25) is 4.79 Å². The molecule has 2 aromatic heterocycles. The maximum Gasteiger partial charge on any atom is 0.277 e. The van der Waals surface area contributed by atoms with Gasteiger partial charge < -0.3 is 14.3 Å². The molecule has 0 atom stereocenters. The second kappa shape index (κ2) is 6.88. The average Bonchev–Trinajstić information content (AvgIpc) is 3.17. The Morgan fingerprint density at radius 1 is 1.21 bits per heavy atom. The number of nitrogens with zero attached hydrogens (tertiary/aromatic N) is 3. The van der Waals surface area contributed by atoms with Gasteiger partial charge in [0.2, 0.25) is 5.91 Å². The predicted octanol–water partition coefficient (Wildman–Crippen LogP) is 3.38. The van der Waals surface area contributed by atoms with E-state index in [9.17, 15) is 4.79 Å². The molecule has 2 heterocycles. The summed E-state index contributed by atoms with van der Waals surface area (Å²) < 4.78 is 10.4. The molecular weight excluding hydrogens is 328 g/mol. The Bertz CT molecular complexity index is 872. The number of carbonyl (C=O) groups is 1. The lowest BCUT2D eigenvalue weighted by atomic mass is 10.1. The SMILES string of the molecule is Cc1ccc(NC(=O)CSc2nnc(-c3cc(C)on3)o2)c(C)c1. The highest BCUT2D eigenvalue weighted by atomic mass is 32.2. The van der Waals surface area contributed by atoms with Crippen molar-refractivity contribution in [3.8, 4) is 11.6 Å². The molecule has 8 heteroatoms. The maximum atomic E-state index is 12.1. The standard InChI is InChI=1S/C16H16N4O3S/c1-9-4-5-12(10(2)6-9)17-14(21)8-24-16-19-18-15(22-16)13-7-11(3)23-20-13/h4-7H,8H2,1-3H3,(H,17,21). The van der Waals surface area contributed by atoms with Crippen LogP contribution < -0.4 is 5.32 Å². The van der Waals surface area contributed by atoms with E-state index in [1.54, 1.807) is 13.0 Å². The quantitative estimate of drug-likeness (QED) is 0.709. The summed E-state index contributed by atoms with van der Waals surface area (Å²) in [5.41, 5.74) is 3.46. The lowest BCUT2D eigenvalue weighted by Crippen LogP contribution is -2.14. The Morgan fingerprint density at radius 2 is 2.04 bits per heavy atom. The number of amides is 1. The fraction of sp³-hybridized carbons (Fsp3) is 0.250. The number of hydrogen-bond acceptors (Lipinski definition) is 7. The molecule has 1 aromatic carbocycles. The summed E-state index contributed by atoms with van der Waals surface area (Å²) in [6.07, 6.45) is 0. The van der Waals surface area contributed by atoms with E-state index in [1.165, 1.54) is 11.8 Å². The van der Waals surface area contributed by atoms with E-state index in [2.05, 4.69) is 20.7 Å². The lowest BCUT2D eigenvalue weighted by Gasteiger charge is -2.08. The van der Waals surface area contributed by atoms with Crippen LogP contribution >= 0.6 is 11.8 Å². The van der Waals surface area contributed by atoms with Crippen molar-refractivity contribution in [3.05, 3.63) is 41.2 Å². The van der Waals surface area contributed by atoms with Gasteiger partial charge in [0, 0.05) is 11.8 Å². The summed E-state index contributed by atoms with van der Waals surface area (Å²) in [7, 11) is 0. The van der Waals surface area contributed by atoms with Crippen LogP contribution in [0.3, 0.4) is 0 Å². The van der Waals surface area contributed by atoms with E-state index in [0.717, 1.165) is 16.8 Å². The molecule has 0 fully saturated rings. The number of carbonyl (C=O) groups excluding carboxylic acids is 1. The Kier molecular flexibility index (Phi) is 4.66. The van der Waals surface area contributed by atoms with Crippen LogP contribution in [-0.2, 0) is 4.79 Å². The minimum atomic E-state index is -0.135. The molecule has 3 aromatic rings. The lowest BCUT2D eigenvalue weighted by molar-refractivity contribution is -0.113. The third kappa shape index (κ3) is 3.83. The van der Waals surface area contributed by atoms with E-state index in [1.807, 2.05) is 32.0 Å². The van der Waals surface area contributed by atoms with Crippen LogP contribution in [0.4, 0.5) is 5.69 Å². The van der Waals surface area contributed by atoms with E-state index >= 15 is 0 Å². The largest absolute Gasteiger partial charge is 0.409 e. The third-order valence-electron chi connectivity index (χ3n) is 3.24. The van der Waals surface area contributed by atoms with Crippen LogP contribution in [0.15, 0.2) is 38.4 Å². The summed E-state index contributed by atoms with van der Waals surface area (Å²) >= 11 is 1.17. The second-order valence-electron chi connectivity index (χ2n) is 5.35. The zero-order valence-electron chi connectivity index (χ0n) is 13.5. The zero-order chi connectivity index (χ0) is 17.1. The number of anilines is 1. The summed E-state index contributed by atoms with van der Waals surface area (Å²) in [6.45, 7) is 5.75. The molecule has 0 unspecified atom stereocenters. The van der Waals surface area contributed by atoms with Gasteiger partial charge in [-0.05, 0) is 32.4 Å². The van der Waals surface area contributed by atoms with E-state index in [4.69, 9.17) is 8.94 Å². The first-order valence-electron chi connectivity index (χ1n) is 7.28. The van der Waals surface area contributed by atoms with Crippen molar-refractivity contribution in [2.45, 2.75) is 26.0 Å². The van der Waals surface area contributed by atoms with Crippen molar-refractivity contribution < 1.29 is 13.7 Å². The van der Waals surface area contributed by atoms with Crippen LogP contribution in [-0.4, -0.2) is 27.0 Å². The topological polar surface area (TPSA) is 94.1 Å². The van der Waals surface area contributed by atoms with Crippen molar-refractivity contribution in [1.29, 1.82) is 0 Å². The molecule has 0 saturated heterocycles. The molecule has 0 radical (unpaired) electrons. The molecule has 0 aliphatic heterocycles. The Labute approximate surface area is 142 Å². The molecule has 1 N–H and O–H groups in total. The fourth-order valence-corrected chi connectivity index (χ4v) is 2.67. The normalized spacial score (nSPS) is 10.8. The minimum absolute atomic E-state index is 0.135. The highest BCUT2D eigenvalue weighted by Crippen LogP contribution is 2.23. The smallest absolute Gasteiger partial charge is 0.277 e. The number of aryl methyl sites for hydroxylation is 3. The Balaban J connectivity index is 1.57. The van der Waals surface area contributed by atoms with Gasteiger partial charge in [0.15, 0.2) is 5.69 Å². The second-order valence-corrected chi connectivity index (χ2v) is 6.28. The van der Waals surface area contributed by atoms with Gasteiger partial charge in [-0.2, -0.15) is 0 Å². The maximum absolute atomic E-state index is 12.1. The fourth-order valence-electron chi connectivity index (χ4n) is 2.11. The monoisotopic (exact) mass is 344 g/mol. The van der Waals surface area contributed by atoms with Gasteiger partial charge in [-0.25, -0.2) is 0 Å². The van der Waals surface area contributed by atoms with Gasteiger partial charge in [0.25, 0.3) is 11.1 Å². The predicted molar refractivity (Wildman–Crippen MR) is 89.8 cm³/mol. The highest BCUT2D eigenvalue weighted by molar-refractivity contribution is 7.99. The van der Waals surface area contributed by atoms with Crippen molar-refractivity contribution in [3.63, 3.8) is 0 Å². The number of benzene rings is 1. The highest BCUT2D eigenvalue weighted by Gasteiger charge is 2.14. The zero-order valence-corrected chi connectivity index (χ0v) is 14.3. The molecule has 0 bridgehead atoms.